The van der Waals surface area contributed by atoms with E-state index in [1.54, 1.807) is 0 Å². The first-order chi connectivity index (χ1) is 9.81. The van der Waals surface area contributed by atoms with Crippen molar-refractivity contribution in [3.05, 3.63) is 30.3 Å². The van der Waals surface area contributed by atoms with Gasteiger partial charge in [-0.15, -0.1) is 0 Å². The van der Waals surface area contributed by atoms with E-state index in [4.69, 9.17) is 10.8 Å². The Morgan fingerprint density at radius 1 is 1.20 bits per heavy atom. The van der Waals surface area contributed by atoms with Crippen molar-refractivity contribution in [3.8, 4) is 0 Å². The number of nitrogens with zero attached hydrogens (tertiary/aromatic N) is 1. The number of para-hydroxylation sites is 1. The predicted octanol–water partition coefficient (Wildman–Crippen LogP) is 3.28. The lowest BCUT2D eigenvalue weighted by molar-refractivity contribution is 0.309. The van der Waals surface area contributed by atoms with E-state index >= 15 is 0 Å². The third kappa shape index (κ3) is 4.53. The van der Waals surface area contributed by atoms with Crippen molar-refractivity contribution in [2.45, 2.75) is 51.5 Å². The molecule has 4 nitrogen and oxygen atoms in total. The number of benzene rings is 1. The molecule has 0 bridgehead atoms. The van der Waals surface area contributed by atoms with Crippen molar-refractivity contribution in [2.24, 2.45) is 16.8 Å². The number of hydrogen-bond acceptors (Lipinski definition) is 2. The molecule has 110 valence electrons. The quantitative estimate of drug-likeness (QED) is 0.342. The number of anilines is 1. The highest BCUT2D eigenvalue weighted by molar-refractivity contribution is 5.93. The van der Waals surface area contributed by atoms with E-state index < -0.39 is 0 Å². The monoisotopic (exact) mass is 274 g/mol. The SMILES string of the molecule is CCCC1CCC(N=C(NN)Nc2ccccc2)CC1. The fourth-order valence-corrected chi connectivity index (χ4v) is 2.92. The van der Waals surface area contributed by atoms with Gasteiger partial charge < -0.3 is 5.32 Å². The highest BCUT2D eigenvalue weighted by Gasteiger charge is 2.20. The van der Waals surface area contributed by atoms with Crippen LogP contribution in [0, 0.1) is 5.92 Å². The molecule has 0 heterocycles. The fourth-order valence-electron chi connectivity index (χ4n) is 2.92. The van der Waals surface area contributed by atoms with Crippen LogP contribution >= 0.6 is 0 Å². The number of rotatable bonds is 4. The highest BCUT2D eigenvalue weighted by Crippen LogP contribution is 2.29. The van der Waals surface area contributed by atoms with Crippen molar-refractivity contribution in [1.29, 1.82) is 0 Å². The average Bonchev–Trinajstić information content (AvgIpc) is 2.50. The molecule has 2 rings (SSSR count). The number of nitrogens with two attached hydrogens (primary N) is 1. The molecule has 4 N–H and O–H groups in total. The molecule has 0 unspecified atom stereocenters. The van der Waals surface area contributed by atoms with Crippen LogP contribution in [0.2, 0.25) is 0 Å². The second-order valence-electron chi connectivity index (χ2n) is 5.58. The molecule has 0 amide bonds. The molecule has 0 spiro atoms. The highest BCUT2D eigenvalue weighted by atomic mass is 15.3. The van der Waals surface area contributed by atoms with Gasteiger partial charge in [0.25, 0.3) is 0 Å². The number of hydrogen-bond donors (Lipinski definition) is 3. The standard InChI is InChI=1S/C16H26N4/c1-2-6-13-9-11-15(12-10-13)19-16(20-17)18-14-7-4-3-5-8-14/h3-5,7-8,13,15H,2,6,9-12,17H2,1H3,(H2,18,19,20). The van der Waals surface area contributed by atoms with E-state index in [0.717, 1.165) is 11.6 Å². The lowest BCUT2D eigenvalue weighted by Gasteiger charge is -2.26. The van der Waals surface area contributed by atoms with Gasteiger partial charge >= 0.3 is 0 Å². The number of guanidine groups is 1. The molecule has 4 heteroatoms. The van der Waals surface area contributed by atoms with Crippen LogP contribution in [0.3, 0.4) is 0 Å². The van der Waals surface area contributed by atoms with Gasteiger partial charge in [-0.3, -0.25) is 5.43 Å². The smallest absolute Gasteiger partial charge is 0.210 e. The van der Waals surface area contributed by atoms with Crippen LogP contribution in [0.5, 0.6) is 0 Å². The summed E-state index contributed by atoms with van der Waals surface area (Å²) in [6.07, 6.45) is 7.60. The molecular formula is C16H26N4. The molecule has 0 aliphatic heterocycles. The van der Waals surface area contributed by atoms with Gasteiger partial charge in [-0.2, -0.15) is 0 Å². The van der Waals surface area contributed by atoms with Gasteiger partial charge in [0.05, 0.1) is 6.04 Å². The molecule has 0 radical (unpaired) electrons. The summed E-state index contributed by atoms with van der Waals surface area (Å²) in [5.74, 6) is 7.14. The lowest BCUT2D eigenvalue weighted by Crippen LogP contribution is -2.37. The van der Waals surface area contributed by atoms with Crippen LogP contribution < -0.4 is 16.6 Å². The summed E-state index contributed by atoms with van der Waals surface area (Å²) in [6.45, 7) is 2.27. The summed E-state index contributed by atoms with van der Waals surface area (Å²) in [5.41, 5.74) is 3.68. The maximum atomic E-state index is 5.57. The van der Waals surface area contributed by atoms with Gasteiger partial charge in [-0.1, -0.05) is 38.0 Å². The summed E-state index contributed by atoms with van der Waals surface area (Å²) in [6, 6.07) is 10.4. The van der Waals surface area contributed by atoms with E-state index in [9.17, 15) is 0 Å². The van der Waals surface area contributed by atoms with Crippen LogP contribution in [0.15, 0.2) is 35.3 Å². The van der Waals surface area contributed by atoms with E-state index in [-0.39, 0.29) is 0 Å². The fraction of sp³-hybridized carbons (Fsp3) is 0.562. The van der Waals surface area contributed by atoms with Gasteiger partial charge in [0.2, 0.25) is 5.96 Å². The van der Waals surface area contributed by atoms with Gasteiger partial charge in [0.1, 0.15) is 0 Å². The van der Waals surface area contributed by atoms with Crippen LogP contribution in [0.1, 0.15) is 45.4 Å². The van der Waals surface area contributed by atoms with Crippen molar-refractivity contribution >= 4 is 11.6 Å². The van der Waals surface area contributed by atoms with E-state index in [0.29, 0.717) is 12.0 Å². The van der Waals surface area contributed by atoms with Gasteiger partial charge in [-0.05, 0) is 43.7 Å². The second-order valence-corrected chi connectivity index (χ2v) is 5.58. The minimum atomic E-state index is 0.394. The molecule has 0 atom stereocenters. The predicted molar refractivity (Wildman–Crippen MR) is 85.5 cm³/mol. The molecule has 0 saturated heterocycles. The third-order valence-corrected chi connectivity index (χ3v) is 4.00. The van der Waals surface area contributed by atoms with E-state index in [1.165, 1.54) is 38.5 Å². The van der Waals surface area contributed by atoms with E-state index in [1.807, 2.05) is 30.3 Å². The maximum absolute atomic E-state index is 5.57. The number of aliphatic imine (C=N–C) groups is 1. The molecule has 1 aromatic rings. The topological polar surface area (TPSA) is 62.4 Å². The lowest BCUT2D eigenvalue weighted by atomic mass is 9.84. The molecule has 1 aliphatic carbocycles. The Hall–Kier alpha value is -1.55. The van der Waals surface area contributed by atoms with Crippen molar-refractivity contribution < 1.29 is 0 Å². The first-order valence-electron chi connectivity index (χ1n) is 7.68. The Morgan fingerprint density at radius 3 is 2.50 bits per heavy atom. The largest absolute Gasteiger partial charge is 0.325 e. The third-order valence-electron chi connectivity index (χ3n) is 4.00. The number of nitrogens with one attached hydrogen (secondary N) is 2. The Bertz CT molecular complexity index is 408. The molecule has 20 heavy (non-hydrogen) atoms. The zero-order valence-corrected chi connectivity index (χ0v) is 12.3. The van der Waals surface area contributed by atoms with Gasteiger partial charge in [-0.25, -0.2) is 10.8 Å². The van der Waals surface area contributed by atoms with Crippen molar-refractivity contribution in [1.82, 2.24) is 5.43 Å². The van der Waals surface area contributed by atoms with Crippen LogP contribution in [0.25, 0.3) is 0 Å². The molecule has 1 saturated carbocycles. The minimum absolute atomic E-state index is 0.394. The van der Waals surface area contributed by atoms with Crippen LogP contribution in [0.4, 0.5) is 5.69 Å². The second kappa shape index (κ2) is 7.90. The summed E-state index contributed by atoms with van der Waals surface area (Å²) in [7, 11) is 0. The summed E-state index contributed by atoms with van der Waals surface area (Å²) in [4.78, 5) is 4.71. The Morgan fingerprint density at radius 2 is 1.90 bits per heavy atom. The molecule has 1 aromatic carbocycles. The molecule has 0 aromatic heterocycles. The van der Waals surface area contributed by atoms with Crippen LogP contribution in [-0.2, 0) is 0 Å². The Kier molecular flexibility index (Phi) is 5.87. The Labute approximate surface area is 121 Å². The van der Waals surface area contributed by atoms with Gasteiger partial charge in [0, 0.05) is 5.69 Å². The van der Waals surface area contributed by atoms with E-state index in [2.05, 4.69) is 17.7 Å². The average molecular weight is 274 g/mol. The normalized spacial score (nSPS) is 23.4. The Balaban J connectivity index is 1.88. The summed E-state index contributed by atoms with van der Waals surface area (Å²) >= 11 is 0. The van der Waals surface area contributed by atoms with Crippen LogP contribution in [-0.4, -0.2) is 12.0 Å². The van der Waals surface area contributed by atoms with Gasteiger partial charge in [0.15, 0.2) is 0 Å². The summed E-state index contributed by atoms with van der Waals surface area (Å²) < 4.78 is 0. The first kappa shape index (κ1) is 14.9. The zero-order chi connectivity index (χ0) is 14.2. The first-order valence-corrected chi connectivity index (χ1v) is 7.68. The van der Waals surface area contributed by atoms with Crippen molar-refractivity contribution in [3.63, 3.8) is 0 Å². The zero-order valence-electron chi connectivity index (χ0n) is 12.3. The minimum Gasteiger partial charge on any atom is -0.325 e. The number of hydrazine groups is 1. The molecule has 1 fully saturated rings. The van der Waals surface area contributed by atoms with Crippen molar-refractivity contribution in [2.75, 3.05) is 5.32 Å². The molecule has 1 aliphatic rings. The summed E-state index contributed by atoms with van der Waals surface area (Å²) in [5, 5.41) is 3.23. The molecular weight excluding hydrogens is 248 g/mol. The maximum Gasteiger partial charge on any atom is 0.210 e.